The number of amides is 1. The van der Waals surface area contributed by atoms with Crippen LogP contribution >= 0.6 is 11.8 Å². The fourth-order valence-electron chi connectivity index (χ4n) is 2.90. The van der Waals surface area contributed by atoms with Gasteiger partial charge >= 0.3 is 0 Å². The third kappa shape index (κ3) is 4.07. The number of aromatic nitrogens is 1. The standard InChI is InChI=1S/C20H24N4OS/c1-13(2)14-7-8-17(22-12-14)18(25)23-16-6-4-5-15(11-16)20(3)9-10-26-19(21)24-20/h4-8,11-13H,9-10H2,1-3H3,(H2,21,24)(H,23,25). The van der Waals surface area contributed by atoms with Gasteiger partial charge < -0.3 is 11.1 Å². The summed E-state index contributed by atoms with van der Waals surface area (Å²) in [4.78, 5) is 21.4. The monoisotopic (exact) mass is 368 g/mol. The maximum Gasteiger partial charge on any atom is 0.274 e. The van der Waals surface area contributed by atoms with Gasteiger partial charge in [-0.2, -0.15) is 0 Å². The summed E-state index contributed by atoms with van der Waals surface area (Å²) in [5, 5.41) is 3.54. The van der Waals surface area contributed by atoms with Crippen molar-refractivity contribution in [3.05, 3.63) is 59.4 Å². The number of hydrogen-bond donors (Lipinski definition) is 2. The molecule has 0 saturated carbocycles. The fourth-order valence-corrected chi connectivity index (χ4v) is 3.88. The number of pyridine rings is 1. The van der Waals surface area contributed by atoms with Crippen LogP contribution in [0, 0.1) is 0 Å². The van der Waals surface area contributed by atoms with Crippen LogP contribution in [0.4, 0.5) is 5.69 Å². The fraction of sp³-hybridized carbons (Fsp3) is 0.350. The molecule has 5 nitrogen and oxygen atoms in total. The molecule has 0 radical (unpaired) electrons. The first-order valence-electron chi connectivity index (χ1n) is 8.73. The molecule has 136 valence electrons. The van der Waals surface area contributed by atoms with Crippen molar-refractivity contribution in [2.75, 3.05) is 11.1 Å². The largest absolute Gasteiger partial charge is 0.379 e. The first-order valence-corrected chi connectivity index (χ1v) is 9.72. The number of nitrogens with one attached hydrogen (secondary N) is 1. The highest BCUT2D eigenvalue weighted by Crippen LogP contribution is 2.35. The lowest BCUT2D eigenvalue weighted by atomic mass is 9.89. The van der Waals surface area contributed by atoms with Gasteiger partial charge in [0.1, 0.15) is 5.69 Å². The second-order valence-electron chi connectivity index (χ2n) is 6.99. The number of rotatable bonds is 4. The normalized spacial score (nSPS) is 19.9. The van der Waals surface area contributed by atoms with Gasteiger partial charge in [0.25, 0.3) is 5.91 Å². The van der Waals surface area contributed by atoms with Crippen molar-refractivity contribution in [1.29, 1.82) is 0 Å². The number of nitrogens with zero attached hydrogens (tertiary/aromatic N) is 2. The van der Waals surface area contributed by atoms with E-state index < -0.39 is 0 Å². The molecule has 6 heteroatoms. The molecule has 3 rings (SSSR count). The Balaban J connectivity index is 1.78. The molecular weight excluding hydrogens is 344 g/mol. The molecule has 1 aliphatic rings. The van der Waals surface area contributed by atoms with Crippen LogP contribution in [0.15, 0.2) is 47.6 Å². The molecule has 1 aromatic heterocycles. The average molecular weight is 369 g/mol. The first-order chi connectivity index (χ1) is 12.4. The van der Waals surface area contributed by atoms with Crippen LogP contribution in [0.25, 0.3) is 0 Å². The highest BCUT2D eigenvalue weighted by molar-refractivity contribution is 8.13. The molecule has 0 fully saturated rings. The average Bonchev–Trinajstić information content (AvgIpc) is 2.62. The lowest BCUT2D eigenvalue weighted by Gasteiger charge is -2.30. The highest BCUT2D eigenvalue weighted by Gasteiger charge is 2.29. The van der Waals surface area contributed by atoms with Crippen molar-refractivity contribution >= 4 is 28.5 Å². The van der Waals surface area contributed by atoms with Crippen LogP contribution in [-0.4, -0.2) is 21.8 Å². The Bertz CT molecular complexity index is 832. The molecule has 1 atom stereocenters. The highest BCUT2D eigenvalue weighted by atomic mass is 32.2. The zero-order chi connectivity index (χ0) is 18.7. The van der Waals surface area contributed by atoms with Gasteiger partial charge in [-0.3, -0.25) is 14.8 Å². The number of amidine groups is 1. The van der Waals surface area contributed by atoms with E-state index in [1.165, 1.54) is 0 Å². The van der Waals surface area contributed by atoms with Crippen molar-refractivity contribution in [3.63, 3.8) is 0 Å². The lowest BCUT2D eigenvalue weighted by molar-refractivity contribution is 0.102. The lowest BCUT2D eigenvalue weighted by Crippen LogP contribution is -2.28. The molecule has 2 heterocycles. The summed E-state index contributed by atoms with van der Waals surface area (Å²) in [6, 6.07) is 11.5. The maximum atomic E-state index is 12.5. The zero-order valence-electron chi connectivity index (χ0n) is 15.3. The smallest absolute Gasteiger partial charge is 0.274 e. The van der Waals surface area contributed by atoms with Gasteiger partial charge in [0, 0.05) is 17.6 Å². The summed E-state index contributed by atoms with van der Waals surface area (Å²) in [6.07, 6.45) is 2.67. The van der Waals surface area contributed by atoms with E-state index in [1.807, 2.05) is 30.3 Å². The second kappa shape index (κ2) is 7.50. The number of carbonyl (C=O) groups excluding carboxylic acids is 1. The van der Waals surface area contributed by atoms with E-state index in [1.54, 1.807) is 24.0 Å². The number of carbonyl (C=O) groups is 1. The molecule has 0 bridgehead atoms. The van der Waals surface area contributed by atoms with Crippen molar-refractivity contribution in [1.82, 2.24) is 4.98 Å². The summed E-state index contributed by atoms with van der Waals surface area (Å²) >= 11 is 1.58. The van der Waals surface area contributed by atoms with E-state index in [9.17, 15) is 4.79 Å². The quantitative estimate of drug-likeness (QED) is 0.850. The summed E-state index contributed by atoms with van der Waals surface area (Å²) < 4.78 is 0. The van der Waals surface area contributed by atoms with Gasteiger partial charge in [-0.1, -0.05) is 43.8 Å². The van der Waals surface area contributed by atoms with Crippen LogP contribution in [0.2, 0.25) is 0 Å². The molecule has 2 aromatic rings. The minimum absolute atomic E-state index is 0.218. The molecule has 3 N–H and O–H groups in total. The SMILES string of the molecule is CC(C)c1ccc(C(=O)Nc2cccc(C3(C)CCSC(N)=N3)c2)nc1. The van der Waals surface area contributed by atoms with Crippen molar-refractivity contribution in [2.24, 2.45) is 10.7 Å². The van der Waals surface area contributed by atoms with E-state index in [2.05, 4.69) is 36.1 Å². The van der Waals surface area contributed by atoms with Gasteiger partial charge in [-0.25, -0.2) is 0 Å². The van der Waals surface area contributed by atoms with E-state index in [4.69, 9.17) is 5.73 Å². The van der Waals surface area contributed by atoms with E-state index in [-0.39, 0.29) is 11.4 Å². The van der Waals surface area contributed by atoms with Gasteiger partial charge in [0.15, 0.2) is 5.17 Å². The maximum absolute atomic E-state index is 12.5. The van der Waals surface area contributed by atoms with E-state index in [0.29, 0.717) is 16.8 Å². The number of nitrogens with two attached hydrogens (primary N) is 1. The molecule has 1 amide bonds. The number of aliphatic imine (C=N–C) groups is 1. The molecule has 0 spiro atoms. The third-order valence-corrected chi connectivity index (χ3v) is 5.42. The minimum atomic E-state index is -0.354. The number of hydrogen-bond acceptors (Lipinski definition) is 5. The third-order valence-electron chi connectivity index (χ3n) is 4.62. The van der Waals surface area contributed by atoms with Gasteiger partial charge in [0.2, 0.25) is 0 Å². The van der Waals surface area contributed by atoms with Gasteiger partial charge in [0.05, 0.1) is 5.54 Å². The molecule has 1 unspecified atom stereocenters. The number of anilines is 1. The molecule has 1 aliphatic heterocycles. The van der Waals surface area contributed by atoms with Crippen molar-refractivity contribution < 1.29 is 4.79 Å². The summed E-state index contributed by atoms with van der Waals surface area (Å²) in [7, 11) is 0. The minimum Gasteiger partial charge on any atom is -0.379 e. The summed E-state index contributed by atoms with van der Waals surface area (Å²) in [6.45, 7) is 6.27. The van der Waals surface area contributed by atoms with Crippen LogP contribution < -0.4 is 11.1 Å². The Labute approximate surface area is 158 Å². The Morgan fingerprint density at radius 1 is 1.31 bits per heavy atom. The summed E-state index contributed by atoms with van der Waals surface area (Å²) in [5.41, 5.74) is 8.85. The van der Waals surface area contributed by atoms with Gasteiger partial charge in [-0.15, -0.1) is 0 Å². The second-order valence-corrected chi connectivity index (χ2v) is 8.10. The Morgan fingerprint density at radius 3 is 2.77 bits per heavy atom. The zero-order valence-corrected chi connectivity index (χ0v) is 16.1. The van der Waals surface area contributed by atoms with Crippen LogP contribution in [-0.2, 0) is 5.54 Å². The summed E-state index contributed by atoms with van der Waals surface area (Å²) in [5.74, 6) is 1.11. The first kappa shape index (κ1) is 18.5. The number of thioether (sulfide) groups is 1. The topological polar surface area (TPSA) is 80.4 Å². The van der Waals surface area contributed by atoms with E-state index in [0.717, 1.165) is 29.0 Å². The van der Waals surface area contributed by atoms with E-state index >= 15 is 0 Å². The van der Waals surface area contributed by atoms with Crippen LogP contribution in [0.5, 0.6) is 0 Å². The Morgan fingerprint density at radius 2 is 2.12 bits per heavy atom. The molecule has 0 saturated heterocycles. The molecule has 0 aliphatic carbocycles. The Hall–Kier alpha value is -2.34. The van der Waals surface area contributed by atoms with Gasteiger partial charge in [-0.05, 0) is 48.6 Å². The predicted octanol–water partition coefficient (Wildman–Crippen LogP) is 4.12. The number of benzene rings is 1. The van der Waals surface area contributed by atoms with Crippen molar-refractivity contribution in [3.8, 4) is 0 Å². The van der Waals surface area contributed by atoms with Crippen LogP contribution in [0.3, 0.4) is 0 Å². The van der Waals surface area contributed by atoms with Crippen molar-refractivity contribution in [2.45, 2.75) is 38.6 Å². The molecule has 26 heavy (non-hydrogen) atoms. The molecular formula is C20H24N4OS. The molecule has 1 aromatic carbocycles. The Kier molecular flexibility index (Phi) is 5.32. The predicted molar refractivity (Wildman–Crippen MR) is 109 cm³/mol. The van der Waals surface area contributed by atoms with Crippen LogP contribution in [0.1, 0.15) is 54.7 Å².